The van der Waals surface area contributed by atoms with Crippen LogP contribution in [0.1, 0.15) is 49.7 Å². The second-order valence-electron chi connectivity index (χ2n) is 12.4. The largest absolute Gasteiger partial charge is 0.366 e. The third-order valence-corrected chi connectivity index (χ3v) is 10.3. The highest BCUT2D eigenvalue weighted by molar-refractivity contribution is 6.31. The number of amides is 3. The Hall–Kier alpha value is -2.86. The van der Waals surface area contributed by atoms with Gasteiger partial charge in [0, 0.05) is 34.1 Å². The zero-order chi connectivity index (χ0) is 31.4. The van der Waals surface area contributed by atoms with E-state index in [1.165, 1.54) is 18.2 Å². The predicted octanol–water partition coefficient (Wildman–Crippen LogP) is 4.34. The molecule has 0 bridgehead atoms. The van der Waals surface area contributed by atoms with Crippen LogP contribution in [0.4, 0.5) is 18.9 Å². The fourth-order valence-corrected chi connectivity index (χ4v) is 8.36. The second kappa shape index (κ2) is 11.5. The van der Waals surface area contributed by atoms with E-state index in [1.807, 2.05) is 6.92 Å². The Morgan fingerprint density at radius 1 is 1.09 bits per heavy atom. The third kappa shape index (κ3) is 4.61. The van der Waals surface area contributed by atoms with E-state index in [0.717, 1.165) is 0 Å². The van der Waals surface area contributed by atoms with Gasteiger partial charge >= 0.3 is 0 Å². The van der Waals surface area contributed by atoms with E-state index in [1.54, 1.807) is 18.2 Å². The molecule has 0 unspecified atom stereocenters. The predicted molar refractivity (Wildman–Crippen MR) is 159 cm³/mol. The molecule has 6 rings (SSSR count). The molecule has 13 heteroatoms. The van der Waals surface area contributed by atoms with Gasteiger partial charge in [-0.3, -0.25) is 28.5 Å². The van der Waals surface area contributed by atoms with Crippen LogP contribution < -0.4 is 21.3 Å². The molecule has 2 aromatic rings. The van der Waals surface area contributed by atoms with Crippen LogP contribution in [-0.2, 0) is 24.5 Å². The van der Waals surface area contributed by atoms with Gasteiger partial charge in [0.1, 0.15) is 17.3 Å². The summed E-state index contributed by atoms with van der Waals surface area (Å²) in [6, 6.07) is 7.53. The Morgan fingerprint density at radius 2 is 1.84 bits per heavy atom. The molecule has 2 aromatic carbocycles. The lowest BCUT2D eigenvalue weighted by Crippen LogP contribution is -2.70. The Balaban J connectivity index is 1.43. The first-order chi connectivity index (χ1) is 21.0. The van der Waals surface area contributed by atoms with Gasteiger partial charge in [-0.1, -0.05) is 41.4 Å². The normalized spacial score (nSPS) is 29.6. The number of halogens is 5. The van der Waals surface area contributed by atoms with E-state index in [2.05, 4.69) is 21.3 Å². The van der Waals surface area contributed by atoms with Crippen LogP contribution in [0.15, 0.2) is 36.4 Å². The Labute approximate surface area is 262 Å². The Morgan fingerprint density at radius 3 is 2.50 bits per heavy atom. The molecular formula is C31H33Cl2F3N4O4. The molecule has 4 N–H and O–H groups in total. The number of ether oxygens (including phenoxy) is 1. The zero-order valence-electron chi connectivity index (χ0n) is 24.0. The number of fused-ring (bicyclic) bond motifs is 3. The highest BCUT2D eigenvalue weighted by Crippen LogP contribution is 2.68. The van der Waals surface area contributed by atoms with Crippen molar-refractivity contribution < 1.29 is 32.3 Å². The van der Waals surface area contributed by atoms with Crippen molar-refractivity contribution in [1.29, 1.82) is 0 Å². The van der Waals surface area contributed by atoms with E-state index in [0.29, 0.717) is 35.7 Å². The van der Waals surface area contributed by atoms with Crippen LogP contribution in [0.2, 0.25) is 10.0 Å². The first kappa shape index (κ1) is 31.1. The fourth-order valence-electron chi connectivity index (χ4n) is 8.01. The van der Waals surface area contributed by atoms with Gasteiger partial charge in [-0.15, -0.1) is 0 Å². The van der Waals surface area contributed by atoms with E-state index in [9.17, 15) is 23.2 Å². The van der Waals surface area contributed by atoms with E-state index in [-0.39, 0.29) is 35.9 Å². The number of benzene rings is 2. The third-order valence-electron chi connectivity index (χ3n) is 9.78. The molecule has 236 valence electrons. The molecule has 3 fully saturated rings. The van der Waals surface area contributed by atoms with Crippen molar-refractivity contribution in [2.24, 2.45) is 5.41 Å². The number of likely N-dealkylation sites (N-methyl/N-ethyl adjacent to an activating group) is 1. The first-order valence-corrected chi connectivity index (χ1v) is 15.4. The smallest absolute Gasteiger partial charge is 0.249 e. The fraction of sp³-hybridized carbons (Fsp3) is 0.516. The number of rotatable bonds is 7. The van der Waals surface area contributed by atoms with E-state index in [4.69, 9.17) is 27.9 Å². The molecular weight excluding hydrogens is 620 g/mol. The summed E-state index contributed by atoms with van der Waals surface area (Å²) in [5.74, 6) is -3.25. The van der Waals surface area contributed by atoms with E-state index < -0.39 is 71.5 Å². The molecule has 2 spiro atoms. The van der Waals surface area contributed by atoms with Crippen LogP contribution in [0.5, 0.6) is 0 Å². The number of hydrogen-bond acceptors (Lipinski definition) is 5. The van der Waals surface area contributed by atoms with Gasteiger partial charge in [0.05, 0.1) is 37.1 Å². The van der Waals surface area contributed by atoms with Crippen LogP contribution in [-0.4, -0.2) is 67.9 Å². The van der Waals surface area contributed by atoms with Gasteiger partial charge in [0.15, 0.2) is 0 Å². The minimum Gasteiger partial charge on any atom is -0.366 e. The lowest BCUT2D eigenvalue weighted by atomic mass is 9.46. The number of hydrogen-bond donors (Lipinski definition) is 4. The summed E-state index contributed by atoms with van der Waals surface area (Å²) in [7, 11) is 0. The Kier molecular flexibility index (Phi) is 8.13. The SMILES string of the molecule is CCNC(=O)[C@@H]1CC[C@@H](NC(=O)[C@@H]2NC3(CC(CF)(CF)C3)[C@@]3(C(=O)Nc4cc(Cl)ccc43)[C@H]2c2cccc(Cl)c2F)CO1. The Bertz CT molecular complexity index is 1490. The standard InChI is InChI=1S/C31H33Cl2F3N4O4/c1-2-37-26(41)22-9-7-17(11-44-22)38-27(42)25-23(18-4-3-5-20(33)24(18)36)31(30(40-25)12-29(13-30,14-34)15-35)19-8-6-16(32)10-21(19)39-28(31)43/h3-6,8,10,17,22-23,25,40H,2,7,9,11-15H2,1H3,(H,37,41)(H,38,42)(H,39,43)/t17-,22+,23+,25-,31-/m1/s1. The van der Waals surface area contributed by atoms with Crippen molar-refractivity contribution in [3.8, 4) is 0 Å². The summed E-state index contributed by atoms with van der Waals surface area (Å²) in [6.07, 6.45) is -0.0255. The van der Waals surface area contributed by atoms with Crippen molar-refractivity contribution in [3.63, 3.8) is 0 Å². The molecule has 3 aliphatic heterocycles. The van der Waals surface area contributed by atoms with Gasteiger partial charge < -0.3 is 20.7 Å². The molecule has 8 nitrogen and oxygen atoms in total. The number of alkyl halides is 2. The molecule has 44 heavy (non-hydrogen) atoms. The number of carbonyl (C=O) groups excluding carboxylic acids is 3. The molecule has 0 radical (unpaired) electrons. The zero-order valence-corrected chi connectivity index (χ0v) is 25.5. The quantitative estimate of drug-likeness (QED) is 0.356. The monoisotopic (exact) mass is 652 g/mol. The van der Waals surface area contributed by atoms with Crippen molar-refractivity contribution in [3.05, 3.63) is 63.4 Å². The maximum atomic E-state index is 16.0. The van der Waals surface area contributed by atoms with Gasteiger partial charge in [-0.2, -0.15) is 0 Å². The van der Waals surface area contributed by atoms with Crippen LogP contribution in [0, 0.1) is 11.2 Å². The summed E-state index contributed by atoms with van der Waals surface area (Å²) in [5.41, 5.74) is -3.44. The highest BCUT2D eigenvalue weighted by Gasteiger charge is 2.78. The molecule has 3 heterocycles. The average molecular weight is 654 g/mol. The van der Waals surface area contributed by atoms with Crippen molar-refractivity contribution >= 4 is 46.6 Å². The molecule has 5 atom stereocenters. The first-order valence-electron chi connectivity index (χ1n) is 14.7. The molecule has 1 aliphatic carbocycles. The molecule has 4 aliphatic rings. The summed E-state index contributed by atoms with van der Waals surface area (Å²) in [4.78, 5) is 40.7. The lowest BCUT2D eigenvalue weighted by Gasteiger charge is -2.59. The second-order valence-corrected chi connectivity index (χ2v) is 13.2. The molecule has 2 saturated heterocycles. The van der Waals surface area contributed by atoms with Gasteiger partial charge in [0.2, 0.25) is 17.7 Å². The van der Waals surface area contributed by atoms with Gasteiger partial charge in [-0.25, -0.2) is 4.39 Å². The maximum absolute atomic E-state index is 16.0. The molecule has 1 saturated carbocycles. The summed E-state index contributed by atoms with van der Waals surface area (Å²) < 4.78 is 50.3. The topological polar surface area (TPSA) is 109 Å². The number of anilines is 1. The summed E-state index contributed by atoms with van der Waals surface area (Å²) in [6.45, 7) is 0.421. The number of nitrogens with one attached hydrogen (secondary N) is 4. The average Bonchev–Trinajstić information content (AvgIpc) is 3.46. The minimum atomic E-state index is -1.64. The van der Waals surface area contributed by atoms with Crippen molar-refractivity contribution in [1.82, 2.24) is 16.0 Å². The molecule has 0 aromatic heterocycles. The van der Waals surface area contributed by atoms with Crippen LogP contribution >= 0.6 is 23.2 Å². The number of carbonyl (C=O) groups is 3. The highest BCUT2D eigenvalue weighted by atomic mass is 35.5. The van der Waals surface area contributed by atoms with Gasteiger partial charge in [0.25, 0.3) is 0 Å². The van der Waals surface area contributed by atoms with Crippen LogP contribution in [0.25, 0.3) is 0 Å². The lowest BCUT2D eigenvalue weighted by molar-refractivity contribution is -0.137. The minimum absolute atomic E-state index is 0.0224. The van der Waals surface area contributed by atoms with Crippen LogP contribution in [0.3, 0.4) is 0 Å². The molecule has 3 amide bonds. The van der Waals surface area contributed by atoms with Crippen molar-refractivity contribution in [2.75, 3.05) is 31.8 Å². The van der Waals surface area contributed by atoms with E-state index >= 15 is 4.39 Å². The van der Waals surface area contributed by atoms with Gasteiger partial charge in [-0.05, 0) is 61.9 Å². The summed E-state index contributed by atoms with van der Waals surface area (Å²) >= 11 is 12.5. The maximum Gasteiger partial charge on any atom is 0.249 e. The van der Waals surface area contributed by atoms with Crippen molar-refractivity contribution in [2.45, 2.75) is 67.7 Å². The summed E-state index contributed by atoms with van der Waals surface area (Å²) in [5, 5.41) is 12.0.